The van der Waals surface area contributed by atoms with Crippen LogP contribution < -0.4 is 4.90 Å². The molecule has 194 valence electrons. The van der Waals surface area contributed by atoms with Crippen LogP contribution in [0.5, 0.6) is 0 Å². The first kappa shape index (κ1) is 26.2. The maximum absolute atomic E-state index is 13.7. The van der Waals surface area contributed by atoms with Gasteiger partial charge in [-0.15, -0.1) is 0 Å². The van der Waals surface area contributed by atoms with Gasteiger partial charge in [-0.25, -0.2) is 0 Å². The zero-order chi connectivity index (χ0) is 24.9. The largest absolute Gasteiger partial charge is 0.393 e. The first-order valence-corrected chi connectivity index (χ1v) is 14.0. The fraction of sp³-hybridized carbons (Fsp3) is 0.724. The normalized spacial score (nSPS) is 26.3. The quantitative estimate of drug-likeness (QED) is 0.656. The summed E-state index contributed by atoms with van der Waals surface area (Å²) in [5.74, 6) is 0.794. The molecule has 0 radical (unpaired) electrons. The lowest BCUT2D eigenvalue weighted by Crippen LogP contribution is -2.48. The molecule has 1 aromatic rings. The highest BCUT2D eigenvalue weighted by Gasteiger charge is 2.43. The van der Waals surface area contributed by atoms with Crippen molar-refractivity contribution in [1.29, 1.82) is 0 Å². The summed E-state index contributed by atoms with van der Waals surface area (Å²) in [5, 5.41) is 10.2. The van der Waals surface area contributed by atoms with E-state index in [2.05, 4.69) is 24.8 Å². The van der Waals surface area contributed by atoms with Crippen molar-refractivity contribution in [2.75, 3.05) is 24.5 Å². The Morgan fingerprint density at radius 1 is 1.00 bits per heavy atom. The van der Waals surface area contributed by atoms with Crippen molar-refractivity contribution in [2.24, 2.45) is 5.92 Å². The van der Waals surface area contributed by atoms with Crippen LogP contribution in [0.1, 0.15) is 101 Å². The van der Waals surface area contributed by atoms with Gasteiger partial charge < -0.3 is 14.9 Å². The summed E-state index contributed by atoms with van der Waals surface area (Å²) in [6.45, 7) is 9.77. The molecular formula is C29H45N3O3. The van der Waals surface area contributed by atoms with Gasteiger partial charge >= 0.3 is 0 Å². The molecular weight excluding hydrogens is 438 g/mol. The number of aliphatic hydroxyl groups excluding tert-OH is 1. The first-order chi connectivity index (χ1) is 16.8. The molecule has 3 aliphatic heterocycles. The molecule has 3 aliphatic rings. The average molecular weight is 484 g/mol. The number of nitrogens with zero attached hydrogens (tertiary/aromatic N) is 3. The molecule has 0 aromatic heterocycles. The fourth-order valence-corrected chi connectivity index (χ4v) is 6.27. The summed E-state index contributed by atoms with van der Waals surface area (Å²) >= 11 is 0. The summed E-state index contributed by atoms with van der Waals surface area (Å²) in [6.07, 6.45) is 10.0. The number of amides is 2. The highest BCUT2D eigenvalue weighted by molar-refractivity contribution is 5.97. The van der Waals surface area contributed by atoms with Crippen LogP contribution in [0.4, 0.5) is 5.69 Å². The summed E-state index contributed by atoms with van der Waals surface area (Å²) in [7, 11) is 0. The van der Waals surface area contributed by atoms with Gasteiger partial charge in [0, 0.05) is 43.3 Å². The predicted molar refractivity (Wildman–Crippen MR) is 141 cm³/mol. The Hall–Kier alpha value is -1.92. The Bertz CT molecular complexity index is 872. The zero-order valence-electron chi connectivity index (χ0n) is 22.0. The van der Waals surface area contributed by atoms with E-state index >= 15 is 0 Å². The molecule has 1 N–H and O–H groups in total. The third kappa shape index (κ3) is 6.45. The van der Waals surface area contributed by atoms with Crippen molar-refractivity contribution >= 4 is 17.5 Å². The van der Waals surface area contributed by atoms with Gasteiger partial charge in [-0.2, -0.15) is 0 Å². The number of carbonyl (C=O) groups is 2. The molecule has 4 rings (SSSR count). The lowest BCUT2D eigenvalue weighted by Gasteiger charge is -2.37. The van der Waals surface area contributed by atoms with Crippen LogP contribution >= 0.6 is 0 Å². The number of piperidine rings is 1. The monoisotopic (exact) mass is 483 g/mol. The number of hydrogen-bond donors (Lipinski definition) is 1. The number of aliphatic hydroxyl groups is 1. The third-order valence-corrected chi connectivity index (χ3v) is 8.21. The first-order valence-electron chi connectivity index (χ1n) is 14.0. The Balaban J connectivity index is 1.65. The Morgan fingerprint density at radius 3 is 2.31 bits per heavy atom. The van der Waals surface area contributed by atoms with Crippen molar-refractivity contribution in [3.05, 3.63) is 29.3 Å². The van der Waals surface area contributed by atoms with E-state index in [-0.39, 0.29) is 30.0 Å². The van der Waals surface area contributed by atoms with Crippen LogP contribution in [0, 0.1) is 5.92 Å². The molecule has 6 nitrogen and oxygen atoms in total. The summed E-state index contributed by atoms with van der Waals surface area (Å²) in [6, 6.07) is 6.29. The van der Waals surface area contributed by atoms with Gasteiger partial charge in [-0.3, -0.25) is 14.5 Å². The molecule has 2 fully saturated rings. The number of fused-ring (bicyclic) bond motifs is 3. The lowest BCUT2D eigenvalue weighted by molar-refractivity contribution is -0.116. The van der Waals surface area contributed by atoms with Gasteiger partial charge in [0.05, 0.1) is 6.10 Å². The Kier molecular flexibility index (Phi) is 8.87. The minimum Gasteiger partial charge on any atom is -0.393 e. The number of rotatable bonds is 4. The van der Waals surface area contributed by atoms with Gasteiger partial charge in [0.2, 0.25) is 5.91 Å². The van der Waals surface area contributed by atoms with Crippen LogP contribution in [0.25, 0.3) is 0 Å². The molecule has 0 spiro atoms. The molecule has 1 aromatic carbocycles. The molecule has 0 saturated carbocycles. The van der Waals surface area contributed by atoms with E-state index < -0.39 is 0 Å². The van der Waals surface area contributed by atoms with Gasteiger partial charge in [0.15, 0.2) is 0 Å². The summed E-state index contributed by atoms with van der Waals surface area (Å²) < 4.78 is 0. The van der Waals surface area contributed by atoms with Gasteiger partial charge in [0.1, 0.15) is 0 Å². The molecule has 3 heterocycles. The molecule has 2 unspecified atom stereocenters. The second-order valence-electron chi connectivity index (χ2n) is 11.5. The number of hydrogen-bond acceptors (Lipinski definition) is 4. The maximum atomic E-state index is 13.7. The van der Waals surface area contributed by atoms with Crippen LogP contribution in [0.15, 0.2) is 18.2 Å². The van der Waals surface area contributed by atoms with E-state index in [0.29, 0.717) is 18.8 Å². The zero-order valence-corrected chi connectivity index (χ0v) is 22.0. The van der Waals surface area contributed by atoms with Gasteiger partial charge in [-0.1, -0.05) is 33.1 Å². The molecule has 2 atom stereocenters. The van der Waals surface area contributed by atoms with Crippen molar-refractivity contribution in [2.45, 2.75) is 110 Å². The molecule has 35 heavy (non-hydrogen) atoms. The summed E-state index contributed by atoms with van der Waals surface area (Å²) in [5.41, 5.74) is 2.76. The summed E-state index contributed by atoms with van der Waals surface area (Å²) in [4.78, 5) is 32.9. The SMILES string of the molecule is CC(=O)N1CCCCCCCN(CCC(C)C)Cc2cc(C(=O)N3C4CCC3CC(O)C4)ccc21. The van der Waals surface area contributed by atoms with Crippen LogP contribution in [-0.2, 0) is 11.3 Å². The molecule has 2 amide bonds. The standard InChI is InChI=1S/C29H45N3O3/c1-21(2)13-16-30-14-7-5-4-6-8-15-31(22(3)33)28-12-9-23(17-24(28)20-30)29(35)32-25-10-11-26(32)19-27(34)18-25/h9,12,17,21,25-27,34H,4-8,10-11,13-16,18-20H2,1-3H3. The minimum absolute atomic E-state index is 0.0687. The Labute approximate surface area is 211 Å². The van der Waals surface area contributed by atoms with E-state index in [1.165, 1.54) is 19.3 Å². The lowest BCUT2D eigenvalue weighted by atomic mass is 9.97. The molecule has 0 aliphatic carbocycles. The molecule has 2 bridgehead atoms. The Morgan fingerprint density at radius 2 is 1.66 bits per heavy atom. The number of benzene rings is 1. The second-order valence-corrected chi connectivity index (χ2v) is 11.5. The van der Waals surface area contributed by atoms with Gasteiger partial charge in [0.25, 0.3) is 5.91 Å². The van der Waals surface area contributed by atoms with Gasteiger partial charge in [-0.05, 0) is 87.7 Å². The van der Waals surface area contributed by atoms with E-state index in [9.17, 15) is 14.7 Å². The van der Waals surface area contributed by atoms with Crippen molar-refractivity contribution in [3.8, 4) is 0 Å². The number of anilines is 1. The highest BCUT2D eigenvalue weighted by Crippen LogP contribution is 2.37. The molecule has 6 heteroatoms. The van der Waals surface area contributed by atoms with Crippen LogP contribution in [0.3, 0.4) is 0 Å². The predicted octanol–water partition coefficient (Wildman–Crippen LogP) is 4.98. The maximum Gasteiger partial charge on any atom is 0.254 e. The molecule has 2 saturated heterocycles. The van der Waals surface area contributed by atoms with E-state index in [4.69, 9.17) is 0 Å². The average Bonchev–Trinajstić information content (AvgIpc) is 3.08. The highest BCUT2D eigenvalue weighted by atomic mass is 16.3. The van der Waals surface area contributed by atoms with Crippen LogP contribution in [-0.4, -0.2) is 64.5 Å². The topological polar surface area (TPSA) is 64.1 Å². The second kappa shape index (κ2) is 11.9. The van der Waals surface area contributed by atoms with Crippen molar-refractivity contribution in [1.82, 2.24) is 9.80 Å². The van der Waals surface area contributed by atoms with Crippen LogP contribution in [0.2, 0.25) is 0 Å². The smallest absolute Gasteiger partial charge is 0.254 e. The van der Waals surface area contributed by atoms with Crippen molar-refractivity contribution < 1.29 is 14.7 Å². The van der Waals surface area contributed by atoms with E-state index in [0.717, 1.165) is 75.1 Å². The van der Waals surface area contributed by atoms with E-state index in [1.54, 1.807) is 6.92 Å². The van der Waals surface area contributed by atoms with E-state index in [1.807, 2.05) is 21.9 Å². The van der Waals surface area contributed by atoms with Crippen molar-refractivity contribution in [3.63, 3.8) is 0 Å². The number of carbonyl (C=O) groups excluding carboxylic acids is 2. The fourth-order valence-electron chi connectivity index (χ4n) is 6.27. The third-order valence-electron chi connectivity index (χ3n) is 8.21. The minimum atomic E-state index is -0.285.